The quantitative estimate of drug-likeness (QED) is 0.326. The van der Waals surface area contributed by atoms with Crippen LogP contribution < -0.4 is 9.47 Å². The summed E-state index contributed by atoms with van der Waals surface area (Å²) in [5, 5.41) is 12.3. The number of aromatic amines is 1. The lowest BCUT2D eigenvalue weighted by Crippen LogP contribution is -2.40. The molecule has 1 saturated heterocycles. The summed E-state index contributed by atoms with van der Waals surface area (Å²) in [4.78, 5) is 23.3. The van der Waals surface area contributed by atoms with Gasteiger partial charge in [-0.1, -0.05) is 6.07 Å². The second-order valence-corrected chi connectivity index (χ2v) is 10.3. The van der Waals surface area contributed by atoms with E-state index >= 15 is 4.39 Å². The largest absolute Gasteiger partial charge is 0.496 e. The van der Waals surface area contributed by atoms with E-state index in [9.17, 15) is 4.79 Å². The molecular formula is C27H26FN7O3S. The number of nitrogens with zero attached hydrogens (tertiary/aromatic N) is 6. The third-order valence-electron chi connectivity index (χ3n) is 6.86. The first-order chi connectivity index (χ1) is 18.9. The van der Waals surface area contributed by atoms with Crippen LogP contribution in [0.1, 0.15) is 25.5 Å². The van der Waals surface area contributed by atoms with Crippen LogP contribution in [0.3, 0.4) is 0 Å². The van der Waals surface area contributed by atoms with Crippen LogP contribution in [0.4, 0.5) is 4.39 Å². The highest BCUT2D eigenvalue weighted by atomic mass is 32.1. The lowest BCUT2D eigenvalue weighted by Gasteiger charge is -2.31. The van der Waals surface area contributed by atoms with E-state index in [1.807, 2.05) is 30.2 Å². The van der Waals surface area contributed by atoms with Crippen molar-refractivity contribution in [1.82, 2.24) is 34.7 Å². The van der Waals surface area contributed by atoms with Crippen molar-refractivity contribution < 1.29 is 18.7 Å². The maximum Gasteiger partial charge on any atom is 0.219 e. The molecule has 1 aromatic carbocycles. The van der Waals surface area contributed by atoms with Crippen LogP contribution >= 0.6 is 11.3 Å². The van der Waals surface area contributed by atoms with Crippen molar-refractivity contribution in [2.75, 3.05) is 20.2 Å². The molecule has 0 unspecified atom stereocenters. The first-order valence-electron chi connectivity index (χ1n) is 12.5. The number of hydrogen-bond acceptors (Lipinski definition) is 8. The highest BCUT2D eigenvalue weighted by molar-refractivity contribution is 7.19. The van der Waals surface area contributed by atoms with E-state index in [1.54, 1.807) is 23.6 Å². The number of nitrogens with one attached hydrogen (secondary N) is 1. The van der Waals surface area contributed by atoms with Crippen LogP contribution in [0.15, 0.2) is 42.9 Å². The minimum absolute atomic E-state index is 0.0212. The normalized spacial score (nSPS) is 14.2. The molecule has 0 saturated carbocycles. The monoisotopic (exact) mass is 547 g/mol. The van der Waals surface area contributed by atoms with Crippen LogP contribution in [0.5, 0.6) is 11.5 Å². The molecule has 5 heterocycles. The van der Waals surface area contributed by atoms with E-state index in [1.165, 1.54) is 30.8 Å². The third-order valence-corrected chi connectivity index (χ3v) is 7.93. The second kappa shape index (κ2) is 10.1. The summed E-state index contributed by atoms with van der Waals surface area (Å²) in [6.07, 6.45) is 4.90. The second-order valence-electron chi connectivity index (χ2n) is 9.31. The number of thiazole rings is 1. The topological polar surface area (TPSA) is 111 Å². The van der Waals surface area contributed by atoms with Gasteiger partial charge in [-0.05, 0) is 25.1 Å². The minimum Gasteiger partial charge on any atom is -0.496 e. The Labute approximate surface area is 227 Å². The highest BCUT2D eigenvalue weighted by Crippen LogP contribution is 2.44. The Morgan fingerprint density at radius 2 is 2.03 bits per heavy atom. The third kappa shape index (κ3) is 4.60. The molecule has 0 atom stereocenters. The number of aromatic nitrogens is 6. The number of carbonyl (C=O) groups is 1. The lowest BCUT2D eigenvalue weighted by molar-refractivity contribution is -0.130. The number of methoxy groups -OCH3 is 1. The summed E-state index contributed by atoms with van der Waals surface area (Å²) in [5.74, 6) is 1.13. The lowest BCUT2D eigenvalue weighted by atomic mass is 10.1. The Kier molecular flexibility index (Phi) is 6.47. The van der Waals surface area contributed by atoms with Gasteiger partial charge in [-0.15, -0.1) is 11.3 Å². The fraction of sp³-hybridized carbons (Fsp3) is 0.296. The first kappa shape index (κ1) is 25.0. The van der Waals surface area contributed by atoms with E-state index in [0.717, 1.165) is 29.6 Å². The molecule has 1 aliphatic heterocycles. The van der Waals surface area contributed by atoms with E-state index in [0.29, 0.717) is 46.0 Å². The summed E-state index contributed by atoms with van der Waals surface area (Å²) >= 11 is 1.36. The number of H-pyrrole nitrogens is 1. The molecule has 1 amide bonds. The Bertz CT molecular complexity index is 1660. The smallest absolute Gasteiger partial charge is 0.219 e. The van der Waals surface area contributed by atoms with Gasteiger partial charge in [0.15, 0.2) is 5.82 Å². The standard InChI is InChI=1S/C27H26FN7O3S/c1-15-22(20-13-18(9-12-35(20)33-15)38-17-7-10-34(11-8-17)16(2)36)27-31-24(25(39-27)26-29-14-30-32-26)23-19(28)5-4-6-21(23)37-3/h4-6,9,12-14,17H,7-8,10-11H2,1-3H3,(H,29,30,32). The van der Waals surface area contributed by atoms with Crippen molar-refractivity contribution in [3.05, 3.63) is 54.4 Å². The summed E-state index contributed by atoms with van der Waals surface area (Å²) in [5.41, 5.74) is 3.04. The fourth-order valence-electron chi connectivity index (χ4n) is 4.93. The van der Waals surface area contributed by atoms with Gasteiger partial charge in [-0.2, -0.15) is 10.2 Å². The SMILES string of the molecule is COc1cccc(F)c1-c1nc(-c2c(C)nn3ccc(OC4CCN(C(C)=O)CC4)cc23)sc1-c1nc[nH]n1. The van der Waals surface area contributed by atoms with Crippen LogP contribution in [-0.2, 0) is 4.79 Å². The van der Waals surface area contributed by atoms with E-state index in [-0.39, 0.29) is 17.6 Å². The molecule has 0 aliphatic carbocycles. The molecule has 0 spiro atoms. The molecule has 6 rings (SSSR count). The van der Waals surface area contributed by atoms with Gasteiger partial charge in [-0.25, -0.2) is 18.9 Å². The van der Waals surface area contributed by atoms with Gasteiger partial charge < -0.3 is 14.4 Å². The zero-order chi connectivity index (χ0) is 27.1. The predicted octanol–water partition coefficient (Wildman–Crippen LogP) is 4.76. The number of halogens is 1. The van der Waals surface area contributed by atoms with E-state index in [2.05, 4.69) is 20.3 Å². The van der Waals surface area contributed by atoms with E-state index in [4.69, 9.17) is 14.5 Å². The van der Waals surface area contributed by atoms with Gasteiger partial charge >= 0.3 is 0 Å². The Morgan fingerprint density at radius 3 is 2.74 bits per heavy atom. The van der Waals surface area contributed by atoms with Gasteiger partial charge in [0.25, 0.3) is 0 Å². The number of hydrogen-bond donors (Lipinski definition) is 1. The van der Waals surface area contributed by atoms with Gasteiger partial charge in [0.2, 0.25) is 5.91 Å². The molecule has 4 aromatic heterocycles. The fourth-order valence-corrected chi connectivity index (χ4v) is 6.05. The average Bonchev–Trinajstić information content (AvgIpc) is 3.67. The number of piperidine rings is 1. The maximum atomic E-state index is 15.2. The number of amides is 1. The molecule has 10 nitrogen and oxygen atoms in total. The van der Waals surface area contributed by atoms with Gasteiger partial charge in [-0.3, -0.25) is 9.89 Å². The molecule has 1 aliphatic rings. The zero-order valence-corrected chi connectivity index (χ0v) is 22.5. The molecular weight excluding hydrogens is 521 g/mol. The number of likely N-dealkylation sites (tertiary alicyclic amines) is 1. The Balaban J connectivity index is 1.42. The van der Waals surface area contributed by atoms with Crippen LogP contribution in [-0.4, -0.2) is 66.9 Å². The number of benzene rings is 1. The molecule has 0 radical (unpaired) electrons. The van der Waals surface area contributed by atoms with Gasteiger partial charge in [0, 0.05) is 45.1 Å². The van der Waals surface area contributed by atoms with Gasteiger partial charge in [0.05, 0.1) is 35.1 Å². The summed E-state index contributed by atoms with van der Waals surface area (Å²) in [6, 6.07) is 8.51. The van der Waals surface area contributed by atoms with Crippen molar-refractivity contribution in [2.45, 2.75) is 32.8 Å². The van der Waals surface area contributed by atoms with Crippen molar-refractivity contribution in [2.24, 2.45) is 0 Å². The number of rotatable bonds is 6. The van der Waals surface area contributed by atoms with E-state index < -0.39 is 5.82 Å². The number of pyridine rings is 1. The van der Waals surface area contributed by atoms with Crippen molar-refractivity contribution in [3.8, 4) is 44.0 Å². The highest BCUT2D eigenvalue weighted by Gasteiger charge is 2.27. The predicted molar refractivity (Wildman–Crippen MR) is 144 cm³/mol. The van der Waals surface area contributed by atoms with Gasteiger partial charge in [0.1, 0.15) is 39.6 Å². The zero-order valence-electron chi connectivity index (χ0n) is 21.6. The molecule has 0 bridgehead atoms. The Hall–Kier alpha value is -4.32. The number of ether oxygens (including phenoxy) is 2. The minimum atomic E-state index is -0.453. The summed E-state index contributed by atoms with van der Waals surface area (Å²) in [7, 11) is 1.50. The summed E-state index contributed by atoms with van der Waals surface area (Å²) in [6.45, 7) is 4.88. The summed E-state index contributed by atoms with van der Waals surface area (Å²) < 4.78 is 28.7. The Morgan fingerprint density at radius 1 is 1.21 bits per heavy atom. The number of fused-ring (bicyclic) bond motifs is 1. The first-order valence-corrected chi connectivity index (χ1v) is 13.4. The molecule has 12 heteroatoms. The number of aryl methyl sites for hydroxylation is 1. The average molecular weight is 548 g/mol. The maximum absolute atomic E-state index is 15.2. The molecule has 5 aromatic rings. The molecule has 1 fully saturated rings. The van der Waals surface area contributed by atoms with Crippen molar-refractivity contribution in [3.63, 3.8) is 0 Å². The number of carbonyl (C=O) groups excluding carboxylic acids is 1. The molecule has 200 valence electrons. The van der Waals surface area contributed by atoms with Crippen molar-refractivity contribution in [1.29, 1.82) is 0 Å². The van der Waals surface area contributed by atoms with Crippen LogP contribution in [0, 0.1) is 12.7 Å². The molecule has 1 N–H and O–H groups in total. The van der Waals surface area contributed by atoms with Crippen molar-refractivity contribution >= 4 is 22.8 Å². The molecule has 39 heavy (non-hydrogen) atoms. The van der Waals surface area contributed by atoms with Crippen LogP contribution in [0.2, 0.25) is 0 Å². The van der Waals surface area contributed by atoms with Crippen LogP contribution in [0.25, 0.3) is 38.0 Å².